The highest BCUT2D eigenvalue weighted by atomic mass is 16.7. The second kappa shape index (κ2) is 15.9. The fourth-order valence-corrected chi connectivity index (χ4v) is 3.74. The molecule has 5 nitrogen and oxygen atoms in total. The Hall–Kier alpha value is -2.79. The molecule has 0 unspecified atom stereocenters. The van der Waals surface area contributed by atoms with Gasteiger partial charge in [0.15, 0.2) is 12.2 Å². The second-order valence-electron chi connectivity index (χ2n) is 8.45. The number of allylic oxidation sites excluding steroid dienone is 6. The van der Waals surface area contributed by atoms with Gasteiger partial charge in [-0.2, -0.15) is 0 Å². The smallest absolute Gasteiger partial charge is 0.196 e. The van der Waals surface area contributed by atoms with E-state index in [1.54, 1.807) is 13.0 Å². The zero-order chi connectivity index (χ0) is 24.6. The van der Waals surface area contributed by atoms with Crippen LogP contribution in [0.1, 0.15) is 76.0 Å². The summed E-state index contributed by atoms with van der Waals surface area (Å²) >= 11 is 0. The van der Waals surface area contributed by atoms with Gasteiger partial charge in [0.2, 0.25) is 0 Å². The Labute approximate surface area is 203 Å². The topological polar surface area (TPSA) is 68.9 Å². The van der Waals surface area contributed by atoms with E-state index in [0.717, 1.165) is 38.5 Å². The first-order chi connectivity index (χ1) is 16.6. The van der Waals surface area contributed by atoms with Gasteiger partial charge < -0.3 is 19.0 Å². The van der Waals surface area contributed by atoms with E-state index >= 15 is 0 Å². The average molecular weight is 469 g/mol. The Balaban J connectivity index is 1.72. The summed E-state index contributed by atoms with van der Waals surface area (Å²) in [5.74, 6) is 0.985. The van der Waals surface area contributed by atoms with E-state index in [2.05, 4.69) is 43.4 Å². The lowest BCUT2D eigenvalue weighted by Crippen LogP contribution is -2.06. The van der Waals surface area contributed by atoms with Gasteiger partial charge in [-0.05, 0) is 45.4 Å². The van der Waals surface area contributed by atoms with Crippen molar-refractivity contribution in [2.75, 3.05) is 13.9 Å². The van der Waals surface area contributed by atoms with Gasteiger partial charge in [0.1, 0.15) is 28.2 Å². The standard InChI is InChI=1S/C29H40O5/c1-4-5-6-7-8-9-10-11-12-13-14-15-16-17-18-19-24-20-25(30)28-27(34-24)21-26(33-22-32-3)23(2)29(28)31/h5-6,8-9,11-12,20-21,31H,4,7,10,13-19,22H2,1-3H3/b6-5-,9-8-,12-11-. The molecule has 0 saturated heterocycles. The molecule has 0 amide bonds. The first-order valence-electron chi connectivity index (χ1n) is 12.4. The molecule has 1 aromatic heterocycles. The Morgan fingerprint density at radius 2 is 1.62 bits per heavy atom. The summed E-state index contributed by atoms with van der Waals surface area (Å²) in [5.41, 5.74) is 0.612. The van der Waals surface area contributed by atoms with Crippen LogP contribution in [0.4, 0.5) is 0 Å². The minimum atomic E-state index is -0.228. The maximum Gasteiger partial charge on any atom is 0.196 e. The van der Waals surface area contributed by atoms with Crippen LogP contribution in [0.2, 0.25) is 0 Å². The molecule has 2 rings (SSSR count). The van der Waals surface area contributed by atoms with Crippen LogP contribution in [-0.2, 0) is 11.2 Å². The Bertz CT molecular complexity index is 1010. The van der Waals surface area contributed by atoms with Crippen LogP contribution in [0.3, 0.4) is 0 Å². The molecule has 0 saturated carbocycles. The summed E-state index contributed by atoms with van der Waals surface area (Å²) in [5, 5.41) is 10.6. The largest absolute Gasteiger partial charge is 0.507 e. The lowest BCUT2D eigenvalue weighted by molar-refractivity contribution is 0.0505. The quantitative estimate of drug-likeness (QED) is 0.157. The van der Waals surface area contributed by atoms with E-state index in [4.69, 9.17) is 13.9 Å². The van der Waals surface area contributed by atoms with Crippen molar-refractivity contribution in [3.63, 3.8) is 0 Å². The van der Waals surface area contributed by atoms with Crippen molar-refractivity contribution in [1.82, 2.24) is 0 Å². The Morgan fingerprint density at radius 3 is 2.35 bits per heavy atom. The summed E-state index contributed by atoms with van der Waals surface area (Å²) in [7, 11) is 1.53. The summed E-state index contributed by atoms with van der Waals surface area (Å²) in [6, 6.07) is 3.15. The minimum absolute atomic E-state index is 0.0550. The SMILES string of the molecule is CC/C=C\C/C=C\C/C=C\CCCCCCCc1cc(=O)c2c(O)c(C)c(OCOC)cc2o1. The zero-order valence-corrected chi connectivity index (χ0v) is 21.0. The van der Waals surface area contributed by atoms with E-state index in [1.165, 1.54) is 32.4 Å². The third-order valence-corrected chi connectivity index (χ3v) is 5.66. The van der Waals surface area contributed by atoms with Gasteiger partial charge in [-0.15, -0.1) is 0 Å². The number of phenolic OH excluding ortho intramolecular Hbond substituents is 1. The van der Waals surface area contributed by atoms with E-state index in [0.29, 0.717) is 29.1 Å². The van der Waals surface area contributed by atoms with Crippen LogP contribution >= 0.6 is 0 Å². The number of methoxy groups -OCH3 is 1. The maximum absolute atomic E-state index is 12.6. The predicted octanol–water partition coefficient (Wildman–Crippen LogP) is 7.53. The molecule has 1 aromatic carbocycles. The van der Waals surface area contributed by atoms with Crippen molar-refractivity contribution >= 4 is 11.0 Å². The Kier molecular flexibility index (Phi) is 12.9. The fourth-order valence-electron chi connectivity index (χ4n) is 3.74. The minimum Gasteiger partial charge on any atom is -0.507 e. The molecule has 34 heavy (non-hydrogen) atoms. The molecular formula is C29H40O5. The van der Waals surface area contributed by atoms with E-state index in [9.17, 15) is 9.90 Å². The summed E-state index contributed by atoms with van der Waals surface area (Å²) in [6.07, 6.45) is 24.0. The van der Waals surface area contributed by atoms with Crippen molar-refractivity contribution in [2.45, 2.75) is 78.1 Å². The van der Waals surface area contributed by atoms with Crippen molar-refractivity contribution in [1.29, 1.82) is 0 Å². The lowest BCUT2D eigenvalue weighted by atomic mass is 10.1. The van der Waals surface area contributed by atoms with E-state index in [-0.39, 0.29) is 23.4 Å². The first-order valence-corrected chi connectivity index (χ1v) is 12.4. The molecule has 5 heteroatoms. The molecule has 0 aliphatic heterocycles. The van der Waals surface area contributed by atoms with Crippen molar-refractivity contribution < 1.29 is 19.0 Å². The van der Waals surface area contributed by atoms with Gasteiger partial charge in [-0.1, -0.05) is 62.6 Å². The van der Waals surface area contributed by atoms with Crippen molar-refractivity contribution in [3.05, 3.63) is 70.1 Å². The number of ether oxygens (including phenoxy) is 2. The number of hydrogen-bond donors (Lipinski definition) is 1. The third-order valence-electron chi connectivity index (χ3n) is 5.66. The van der Waals surface area contributed by atoms with Gasteiger partial charge in [-0.25, -0.2) is 0 Å². The number of benzene rings is 1. The summed E-state index contributed by atoms with van der Waals surface area (Å²) in [6.45, 7) is 3.91. The van der Waals surface area contributed by atoms with Gasteiger partial charge >= 0.3 is 0 Å². The molecule has 0 fully saturated rings. The van der Waals surface area contributed by atoms with Crippen LogP contribution in [0.15, 0.2) is 57.8 Å². The van der Waals surface area contributed by atoms with Crippen LogP contribution in [0, 0.1) is 6.92 Å². The van der Waals surface area contributed by atoms with E-state index < -0.39 is 0 Å². The van der Waals surface area contributed by atoms with Gasteiger partial charge in [0.05, 0.1) is 0 Å². The average Bonchev–Trinajstić information content (AvgIpc) is 2.82. The maximum atomic E-state index is 12.6. The van der Waals surface area contributed by atoms with Crippen molar-refractivity contribution in [3.8, 4) is 11.5 Å². The number of aryl methyl sites for hydroxylation is 1. The third kappa shape index (κ3) is 9.22. The monoisotopic (exact) mass is 468 g/mol. The molecule has 1 heterocycles. The highest BCUT2D eigenvalue weighted by Gasteiger charge is 2.16. The lowest BCUT2D eigenvalue weighted by Gasteiger charge is -2.12. The predicted molar refractivity (Wildman–Crippen MR) is 140 cm³/mol. The Morgan fingerprint density at radius 1 is 0.941 bits per heavy atom. The molecule has 0 radical (unpaired) electrons. The van der Waals surface area contributed by atoms with E-state index in [1.807, 2.05) is 0 Å². The molecule has 0 spiro atoms. The van der Waals surface area contributed by atoms with Crippen LogP contribution in [0.25, 0.3) is 11.0 Å². The number of rotatable bonds is 16. The molecule has 0 atom stereocenters. The van der Waals surface area contributed by atoms with Gasteiger partial charge in [0, 0.05) is 31.2 Å². The number of phenols is 1. The molecule has 0 aliphatic rings. The van der Waals surface area contributed by atoms with Gasteiger partial charge in [0.25, 0.3) is 0 Å². The number of aromatic hydroxyl groups is 1. The number of hydrogen-bond acceptors (Lipinski definition) is 5. The zero-order valence-electron chi connectivity index (χ0n) is 21.0. The molecule has 186 valence electrons. The molecule has 0 aliphatic carbocycles. The highest BCUT2D eigenvalue weighted by molar-refractivity contribution is 5.86. The van der Waals surface area contributed by atoms with Crippen LogP contribution in [-0.4, -0.2) is 19.0 Å². The molecule has 0 bridgehead atoms. The molecular weight excluding hydrogens is 428 g/mol. The van der Waals surface area contributed by atoms with Crippen LogP contribution < -0.4 is 10.2 Å². The second-order valence-corrected chi connectivity index (χ2v) is 8.45. The molecule has 2 aromatic rings. The number of unbranched alkanes of at least 4 members (excludes halogenated alkanes) is 5. The molecule has 1 N–H and O–H groups in total. The highest BCUT2D eigenvalue weighted by Crippen LogP contribution is 2.34. The summed E-state index contributed by atoms with van der Waals surface area (Å²) in [4.78, 5) is 12.6. The van der Waals surface area contributed by atoms with Crippen LogP contribution in [0.5, 0.6) is 11.5 Å². The van der Waals surface area contributed by atoms with Gasteiger partial charge in [-0.3, -0.25) is 4.79 Å². The van der Waals surface area contributed by atoms with Crippen molar-refractivity contribution in [2.24, 2.45) is 0 Å². The normalized spacial score (nSPS) is 12.1. The fraction of sp³-hybridized carbons (Fsp3) is 0.483. The number of fused-ring (bicyclic) bond motifs is 1. The summed E-state index contributed by atoms with van der Waals surface area (Å²) < 4.78 is 16.3. The first kappa shape index (κ1) is 27.5.